The largest absolute Gasteiger partial charge is 0.487 e. The Morgan fingerprint density at radius 1 is 1.25 bits per heavy atom. The van der Waals surface area contributed by atoms with Crippen LogP contribution >= 0.6 is 0 Å². The van der Waals surface area contributed by atoms with Gasteiger partial charge in [0.2, 0.25) is 5.91 Å². The quantitative estimate of drug-likeness (QED) is 0.861. The molecule has 7 heteroatoms. The molecule has 3 rings (SSSR count). The highest BCUT2D eigenvalue weighted by molar-refractivity contribution is 7.92. The predicted octanol–water partition coefficient (Wildman–Crippen LogP) is 1.51. The fourth-order valence-corrected chi connectivity index (χ4v) is 4.86. The third kappa shape index (κ3) is 3.02. The van der Waals surface area contributed by atoms with Crippen molar-refractivity contribution in [3.05, 3.63) is 23.8 Å². The number of fused-ring (bicyclic) bond motifs is 1. The normalized spacial score (nSPS) is 21.6. The Morgan fingerprint density at radius 3 is 2.54 bits per heavy atom. The van der Waals surface area contributed by atoms with E-state index in [0.717, 1.165) is 24.0 Å². The first-order valence-electron chi connectivity index (χ1n) is 8.17. The molecule has 0 atom stereocenters. The zero-order chi connectivity index (χ0) is 17.6. The molecule has 24 heavy (non-hydrogen) atoms. The number of carbonyl (C=O) groups is 1. The van der Waals surface area contributed by atoms with Gasteiger partial charge in [0.15, 0.2) is 14.6 Å². The lowest BCUT2D eigenvalue weighted by Gasteiger charge is -2.34. The van der Waals surface area contributed by atoms with E-state index < -0.39 is 20.5 Å². The molecule has 1 aromatic carbocycles. The predicted molar refractivity (Wildman–Crippen MR) is 93.2 cm³/mol. The van der Waals surface area contributed by atoms with Gasteiger partial charge in [-0.05, 0) is 58.0 Å². The Kier molecular flexibility index (Phi) is 4.12. The number of nitrogens with one attached hydrogen (secondary N) is 2. The number of hydrogen-bond donors (Lipinski definition) is 2. The van der Waals surface area contributed by atoms with Gasteiger partial charge in [-0.1, -0.05) is 0 Å². The van der Waals surface area contributed by atoms with Gasteiger partial charge in [-0.15, -0.1) is 0 Å². The summed E-state index contributed by atoms with van der Waals surface area (Å²) in [4.78, 5) is 12.8. The molecule has 2 heterocycles. The molecular weight excluding hydrogens is 328 g/mol. The monoisotopic (exact) mass is 352 g/mol. The maximum Gasteiger partial charge on any atom is 0.245 e. The number of anilines is 1. The van der Waals surface area contributed by atoms with Gasteiger partial charge >= 0.3 is 0 Å². The summed E-state index contributed by atoms with van der Waals surface area (Å²) in [5.74, 6) is 0.377. The summed E-state index contributed by atoms with van der Waals surface area (Å²) in [5, 5.41) is 5.93. The maximum atomic E-state index is 12.8. The van der Waals surface area contributed by atoms with Gasteiger partial charge in [-0.2, -0.15) is 0 Å². The summed E-state index contributed by atoms with van der Waals surface area (Å²) in [7, 11) is -3.51. The zero-order valence-electron chi connectivity index (χ0n) is 14.3. The molecule has 132 valence electrons. The highest BCUT2D eigenvalue weighted by Crippen LogP contribution is 2.37. The number of ether oxygens (including phenoxy) is 1. The summed E-state index contributed by atoms with van der Waals surface area (Å²) in [6.45, 7) is 5.07. The fraction of sp³-hybridized carbons (Fsp3) is 0.588. The molecule has 2 aliphatic heterocycles. The molecule has 2 aliphatic rings. The van der Waals surface area contributed by atoms with E-state index in [2.05, 4.69) is 10.6 Å². The Labute approximate surface area is 142 Å². The number of benzene rings is 1. The number of rotatable bonds is 3. The third-order valence-corrected chi connectivity index (χ3v) is 6.87. The first-order valence-corrected chi connectivity index (χ1v) is 10.1. The molecule has 1 fully saturated rings. The third-order valence-electron chi connectivity index (χ3n) is 4.86. The zero-order valence-corrected chi connectivity index (χ0v) is 15.1. The van der Waals surface area contributed by atoms with Gasteiger partial charge in [0.25, 0.3) is 0 Å². The minimum absolute atomic E-state index is 0.256. The highest BCUT2D eigenvalue weighted by Gasteiger charge is 2.48. The second-order valence-electron chi connectivity index (χ2n) is 7.33. The van der Waals surface area contributed by atoms with Crippen molar-refractivity contribution in [3.8, 4) is 5.75 Å². The number of piperidine rings is 1. The van der Waals surface area contributed by atoms with Crippen LogP contribution in [0, 0.1) is 0 Å². The molecule has 0 aliphatic carbocycles. The van der Waals surface area contributed by atoms with Gasteiger partial charge < -0.3 is 15.4 Å². The lowest BCUT2D eigenvalue weighted by atomic mass is 9.95. The molecule has 0 bridgehead atoms. The van der Waals surface area contributed by atoms with Gasteiger partial charge in [0.05, 0.1) is 0 Å². The molecule has 1 aromatic rings. The van der Waals surface area contributed by atoms with E-state index in [1.807, 2.05) is 26.0 Å². The Morgan fingerprint density at radius 2 is 1.92 bits per heavy atom. The molecule has 1 amide bonds. The van der Waals surface area contributed by atoms with Crippen molar-refractivity contribution in [1.29, 1.82) is 0 Å². The second kappa shape index (κ2) is 5.74. The van der Waals surface area contributed by atoms with Gasteiger partial charge in [-0.25, -0.2) is 8.42 Å². The standard InChI is InChI=1S/C17H24N2O4S/c1-16(2)11-12-10-13(4-5-14(12)23-16)19-15(20)17(24(3,21)22)6-8-18-9-7-17/h4-5,10,18H,6-9,11H2,1-3H3,(H,19,20). The van der Waals surface area contributed by atoms with Gasteiger partial charge in [0, 0.05) is 23.9 Å². The molecular formula is C17H24N2O4S. The van der Waals surface area contributed by atoms with E-state index >= 15 is 0 Å². The molecule has 0 aromatic heterocycles. The van der Waals surface area contributed by atoms with Crippen molar-refractivity contribution >= 4 is 21.4 Å². The van der Waals surface area contributed by atoms with Crippen molar-refractivity contribution in [3.63, 3.8) is 0 Å². The lowest BCUT2D eigenvalue weighted by molar-refractivity contribution is -0.119. The van der Waals surface area contributed by atoms with E-state index in [9.17, 15) is 13.2 Å². The van der Waals surface area contributed by atoms with Crippen molar-refractivity contribution in [2.75, 3.05) is 24.7 Å². The van der Waals surface area contributed by atoms with E-state index in [1.54, 1.807) is 6.07 Å². The molecule has 0 saturated carbocycles. The number of sulfone groups is 1. The first kappa shape index (κ1) is 17.2. The minimum atomic E-state index is -3.51. The van der Waals surface area contributed by atoms with Crippen LogP contribution in [0.2, 0.25) is 0 Å². The van der Waals surface area contributed by atoms with E-state index in [0.29, 0.717) is 31.6 Å². The Bertz CT molecular complexity index is 765. The van der Waals surface area contributed by atoms with Crippen LogP contribution < -0.4 is 15.4 Å². The van der Waals surface area contributed by atoms with Crippen LogP contribution in [-0.4, -0.2) is 44.0 Å². The van der Waals surface area contributed by atoms with Crippen LogP contribution in [0.25, 0.3) is 0 Å². The van der Waals surface area contributed by atoms with Crippen LogP contribution in [0.15, 0.2) is 18.2 Å². The summed E-state index contributed by atoms with van der Waals surface area (Å²) >= 11 is 0. The highest BCUT2D eigenvalue weighted by atomic mass is 32.2. The van der Waals surface area contributed by atoms with Gasteiger partial charge in [-0.3, -0.25) is 4.79 Å². The van der Waals surface area contributed by atoms with Gasteiger partial charge in [0.1, 0.15) is 11.4 Å². The average Bonchev–Trinajstić information content (AvgIpc) is 2.80. The Balaban J connectivity index is 1.84. The second-order valence-corrected chi connectivity index (χ2v) is 9.66. The fourth-order valence-electron chi connectivity index (χ4n) is 3.53. The maximum absolute atomic E-state index is 12.8. The topological polar surface area (TPSA) is 84.5 Å². The van der Waals surface area contributed by atoms with Crippen molar-refractivity contribution in [2.45, 2.75) is 43.5 Å². The smallest absolute Gasteiger partial charge is 0.245 e. The minimum Gasteiger partial charge on any atom is -0.487 e. The summed E-state index contributed by atoms with van der Waals surface area (Å²) in [5.41, 5.74) is 1.38. The SMILES string of the molecule is CC1(C)Cc2cc(NC(=O)C3(S(C)(=O)=O)CCNCC3)ccc2O1. The molecule has 0 spiro atoms. The molecule has 0 unspecified atom stereocenters. The summed E-state index contributed by atoms with van der Waals surface area (Å²) < 4.78 is 29.1. The van der Waals surface area contributed by atoms with Crippen molar-refractivity contribution < 1.29 is 17.9 Å². The van der Waals surface area contributed by atoms with Crippen LogP contribution in [0.5, 0.6) is 5.75 Å². The van der Waals surface area contributed by atoms with Crippen LogP contribution in [0.3, 0.4) is 0 Å². The number of carbonyl (C=O) groups excluding carboxylic acids is 1. The molecule has 0 radical (unpaired) electrons. The Hall–Kier alpha value is -1.60. The van der Waals surface area contributed by atoms with Crippen molar-refractivity contribution in [2.24, 2.45) is 0 Å². The number of amides is 1. The van der Waals surface area contributed by atoms with E-state index in [1.165, 1.54) is 0 Å². The lowest BCUT2D eigenvalue weighted by Crippen LogP contribution is -2.55. The summed E-state index contributed by atoms with van der Waals surface area (Å²) in [6, 6.07) is 5.46. The van der Waals surface area contributed by atoms with Crippen molar-refractivity contribution in [1.82, 2.24) is 5.32 Å². The van der Waals surface area contributed by atoms with Crippen LogP contribution in [0.4, 0.5) is 5.69 Å². The van der Waals surface area contributed by atoms with Crippen LogP contribution in [0.1, 0.15) is 32.3 Å². The molecule has 1 saturated heterocycles. The summed E-state index contributed by atoms with van der Waals surface area (Å²) in [6.07, 6.45) is 2.49. The molecule has 2 N–H and O–H groups in total. The first-order chi connectivity index (χ1) is 11.1. The van der Waals surface area contributed by atoms with E-state index in [4.69, 9.17) is 4.74 Å². The van der Waals surface area contributed by atoms with Crippen LogP contribution in [-0.2, 0) is 21.1 Å². The molecule has 6 nitrogen and oxygen atoms in total. The number of hydrogen-bond acceptors (Lipinski definition) is 5. The average molecular weight is 352 g/mol. The van der Waals surface area contributed by atoms with E-state index in [-0.39, 0.29) is 5.60 Å².